The molecule has 1 aromatic carbocycles. The first-order valence-electron chi connectivity index (χ1n) is 6.56. The van der Waals surface area contributed by atoms with Crippen molar-refractivity contribution >= 4 is 5.91 Å². The molecule has 0 aliphatic carbocycles. The fourth-order valence-corrected chi connectivity index (χ4v) is 2.77. The average Bonchev–Trinajstić information content (AvgIpc) is 2.36. The van der Waals surface area contributed by atoms with E-state index in [1.807, 2.05) is 13.8 Å². The molecule has 0 radical (unpaired) electrons. The molecular formula is C15H21NO2. The van der Waals surface area contributed by atoms with Gasteiger partial charge < -0.3 is 10.1 Å². The molecule has 0 aromatic heterocycles. The van der Waals surface area contributed by atoms with Crippen LogP contribution >= 0.6 is 0 Å². The van der Waals surface area contributed by atoms with Gasteiger partial charge in [-0.25, -0.2) is 0 Å². The van der Waals surface area contributed by atoms with Crippen molar-refractivity contribution in [1.29, 1.82) is 0 Å². The summed E-state index contributed by atoms with van der Waals surface area (Å²) < 4.78 is 5.49. The molecule has 0 saturated carbocycles. The van der Waals surface area contributed by atoms with E-state index in [9.17, 15) is 4.79 Å². The van der Waals surface area contributed by atoms with Crippen LogP contribution in [0.25, 0.3) is 0 Å². The van der Waals surface area contributed by atoms with Crippen molar-refractivity contribution in [3.63, 3.8) is 0 Å². The van der Waals surface area contributed by atoms with Gasteiger partial charge in [-0.15, -0.1) is 0 Å². The van der Waals surface area contributed by atoms with Crippen LogP contribution in [0.3, 0.4) is 0 Å². The van der Waals surface area contributed by atoms with E-state index in [0.29, 0.717) is 5.92 Å². The molecule has 18 heavy (non-hydrogen) atoms. The molecule has 0 fully saturated rings. The topological polar surface area (TPSA) is 38.3 Å². The Morgan fingerprint density at radius 3 is 2.78 bits per heavy atom. The SMILES string of the molecule is CCCC1CNC(=O)c2c(C)c(C)cc(OC)c21. The van der Waals surface area contributed by atoms with E-state index >= 15 is 0 Å². The monoisotopic (exact) mass is 247 g/mol. The Balaban J connectivity index is 2.64. The van der Waals surface area contributed by atoms with E-state index < -0.39 is 0 Å². The zero-order valence-corrected chi connectivity index (χ0v) is 11.6. The van der Waals surface area contributed by atoms with Crippen LogP contribution in [0.4, 0.5) is 0 Å². The Morgan fingerprint density at radius 2 is 2.17 bits per heavy atom. The third-order valence-corrected chi connectivity index (χ3v) is 3.85. The first kappa shape index (κ1) is 12.9. The van der Waals surface area contributed by atoms with Gasteiger partial charge in [-0.2, -0.15) is 0 Å². The molecule has 1 unspecified atom stereocenters. The highest BCUT2D eigenvalue weighted by Crippen LogP contribution is 2.38. The number of rotatable bonds is 3. The smallest absolute Gasteiger partial charge is 0.252 e. The van der Waals surface area contributed by atoms with Crippen LogP contribution in [0.15, 0.2) is 6.07 Å². The number of nitrogens with one attached hydrogen (secondary N) is 1. The molecule has 0 spiro atoms. The zero-order valence-electron chi connectivity index (χ0n) is 11.6. The van der Waals surface area contributed by atoms with Crippen molar-refractivity contribution in [2.24, 2.45) is 0 Å². The molecule has 1 heterocycles. The van der Waals surface area contributed by atoms with Crippen molar-refractivity contribution in [2.45, 2.75) is 39.5 Å². The van der Waals surface area contributed by atoms with Gasteiger partial charge in [0.15, 0.2) is 0 Å². The van der Waals surface area contributed by atoms with Gasteiger partial charge in [-0.05, 0) is 37.5 Å². The van der Waals surface area contributed by atoms with Crippen LogP contribution in [0, 0.1) is 13.8 Å². The maximum atomic E-state index is 12.1. The molecule has 1 amide bonds. The number of ether oxygens (including phenoxy) is 1. The van der Waals surface area contributed by atoms with Gasteiger partial charge in [0.2, 0.25) is 0 Å². The van der Waals surface area contributed by atoms with E-state index in [1.54, 1.807) is 7.11 Å². The van der Waals surface area contributed by atoms with Crippen molar-refractivity contribution in [3.05, 3.63) is 28.3 Å². The standard InChI is InChI=1S/C15H21NO2/c1-5-6-11-8-16-15(17)13-10(3)9(2)7-12(18-4)14(11)13/h7,11H,5-6,8H2,1-4H3,(H,16,17). The van der Waals surface area contributed by atoms with Gasteiger partial charge in [0.05, 0.1) is 7.11 Å². The van der Waals surface area contributed by atoms with Crippen LogP contribution in [0.2, 0.25) is 0 Å². The normalized spacial score (nSPS) is 18.2. The lowest BCUT2D eigenvalue weighted by molar-refractivity contribution is 0.0937. The number of hydrogen-bond acceptors (Lipinski definition) is 2. The van der Waals surface area contributed by atoms with Crippen molar-refractivity contribution in [3.8, 4) is 5.75 Å². The Hall–Kier alpha value is -1.51. The molecule has 2 rings (SSSR count). The summed E-state index contributed by atoms with van der Waals surface area (Å²) in [5.41, 5.74) is 4.12. The van der Waals surface area contributed by atoms with E-state index in [0.717, 1.165) is 47.4 Å². The van der Waals surface area contributed by atoms with Gasteiger partial charge in [0, 0.05) is 23.6 Å². The van der Waals surface area contributed by atoms with E-state index in [4.69, 9.17) is 4.74 Å². The molecule has 3 heteroatoms. The largest absolute Gasteiger partial charge is 0.496 e. The molecule has 1 aromatic rings. The molecule has 1 aliphatic heterocycles. The first-order valence-corrected chi connectivity index (χ1v) is 6.56. The second kappa shape index (κ2) is 5.01. The fourth-order valence-electron chi connectivity index (χ4n) is 2.77. The lowest BCUT2D eigenvalue weighted by Gasteiger charge is -2.29. The fraction of sp³-hybridized carbons (Fsp3) is 0.533. The number of carbonyl (C=O) groups is 1. The summed E-state index contributed by atoms with van der Waals surface area (Å²) in [5.74, 6) is 1.27. The van der Waals surface area contributed by atoms with Crippen molar-refractivity contribution in [2.75, 3.05) is 13.7 Å². The summed E-state index contributed by atoms with van der Waals surface area (Å²) in [5, 5.41) is 3.00. The highest BCUT2D eigenvalue weighted by molar-refractivity contribution is 5.99. The summed E-state index contributed by atoms with van der Waals surface area (Å²) in [7, 11) is 1.68. The molecule has 3 nitrogen and oxygen atoms in total. The Kier molecular flexibility index (Phi) is 3.60. The summed E-state index contributed by atoms with van der Waals surface area (Å²) in [4.78, 5) is 12.1. The summed E-state index contributed by atoms with van der Waals surface area (Å²) >= 11 is 0. The summed E-state index contributed by atoms with van der Waals surface area (Å²) in [6, 6.07) is 2.05. The van der Waals surface area contributed by atoms with Crippen molar-refractivity contribution < 1.29 is 9.53 Å². The van der Waals surface area contributed by atoms with E-state index in [2.05, 4.69) is 18.3 Å². The maximum Gasteiger partial charge on any atom is 0.252 e. The van der Waals surface area contributed by atoms with Crippen LogP contribution < -0.4 is 10.1 Å². The first-order chi connectivity index (χ1) is 8.60. The van der Waals surface area contributed by atoms with Crippen LogP contribution in [-0.2, 0) is 0 Å². The number of methoxy groups -OCH3 is 1. The van der Waals surface area contributed by atoms with Gasteiger partial charge >= 0.3 is 0 Å². The third kappa shape index (κ3) is 1.98. The van der Waals surface area contributed by atoms with Gasteiger partial charge in [-0.3, -0.25) is 4.79 Å². The van der Waals surface area contributed by atoms with E-state index in [-0.39, 0.29) is 5.91 Å². The molecule has 0 bridgehead atoms. The predicted octanol–water partition coefficient (Wildman–Crippen LogP) is 2.94. The molecule has 1 aliphatic rings. The number of carbonyl (C=O) groups excluding carboxylic acids is 1. The molecular weight excluding hydrogens is 226 g/mol. The van der Waals surface area contributed by atoms with Crippen molar-refractivity contribution in [1.82, 2.24) is 5.32 Å². The molecule has 1 atom stereocenters. The average molecular weight is 247 g/mol. The molecule has 1 N–H and O–H groups in total. The summed E-state index contributed by atoms with van der Waals surface area (Å²) in [6.45, 7) is 6.93. The third-order valence-electron chi connectivity index (χ3n) is 3.85. The highest BCUT2D eigenvalue weighted by atomic mass is 16.5. The predicted molar refractivity (Wildman–Crippen MR) is 72.5 cm³/mol. The van der Waals surface area contributed by atoms with Crippen LogP contribution in [-0.4, -0.2) is 19.6 Å². The minimum Gasteiger partial charge on any atom is -0.496 e. The van der Waals surface area contributed by atoms with Crippen LogP contribution in [0.1, 0.15) is 52.7 Å². The maximum absolute atomic E-state index is 12.1. The Bertz CT molecular complexity index is 480. The number of amides is 1. The quantitative estimate of drug-likeness (QED) is 0.891. The lowest BCUT2D eigenvalue weighted by atomic mass is 9.83. The van der Waals surface area contributed by atoms with Gasteiger partial charge in [0.1, 0.15) is 5.75 Å². The highest BCUT2D eigenvalue weighted by Gasteiger charge is 2.30. The second-order valence-corrected chi connectivity index (χ2v) is 5.01. The van der Waals surface area contributed by atoms with Gasteiger partial charge in [0.25, 0.3) is 5.91 Å². The minimum absolute atomic E-state index is 0.0388. The number of fused-ring (bicyclic) bond motifs is 1. The van der Waals surface area contributed by atoms with E-state index in [1.165, 1.54) is 0 Å². The lowest BCUT2D eigenvalue weighted by Crippen LogP contribution is -2.36. The zero-order chi connectivity index (χ0) is 13.3. The summed E-state index contributed by atoms with van der Waals surface area (Å²) in [6.07, 6.45) is 2.18. The number of hydrogen-bond donors (Lipinski definition) is 1. The van der Waals surface area contributed by atoms with Gasteiger partial charge in [-0.1, -0.05) is 13.3 Å². The molecule has 0 saturated heterocycles. The van der Waals surface area contributed by atoms with Crippen LogP contribution in [0.5, 0.6) is 5.75 Å². The second-order valence-electron chi connectivity index (χ2n) is 5.01. The molecule has 98 valence electrons. The Labute approximate surface area is 109 Å². The Morgan fingerprint density at radius 1 is 1.44 bits per heavy atom. The minimum atomic E-state index is 0.0388. The number of aryl methyl sites for hydroxylation is 1. The number of benzene rings is 1.